The normalized spacial score (nSPS) is 20.3. The summed E-state index contributed by atoms with van der Waals surface area (Å²) in [5.74, 6) is -0.316. The third-order valence-corrected chi connectivity index (χ3v) is 6.69. The number of nitrogens with zero attached hydrogens (tertiary/aromatic N) is 2. The number of pyridine rings is 1. The number of benzene rings is 1. The smallest absolute Gasteiger partial charge is 0.295 e. The number of hydrogen-bond acceptors (Lipinski definition) is 6. The van der Waals surface area contributed by atoms with Crippen molar-refractivity contribution in [3.63, 3.8) is 0 Å². The molecule has 1 amide bonds. The monoisotopic (exact) mass is 494 g/mol. The van der Waals surface area contributed by atoms with E-state index >= 15 is 0 Å². The van der Waals surface area contributed by atoms with Crippen LogP contribution in [0.1, 0.15) is 43.0 Å². The highest BCUT2D eigenvalue weighted by atomic mass is 16.5. The Bertz CT molecular complexity index is 1110. The molecule has 192 valence electrons. The molecule has 2 saturated heterocycles. The first kappa shape index (κ1) is 25.9. The molecule has 0 bridgehead atoms. The Kier molecular flexibility index (Phi) is 8.38. The van der Waals surface area contributed by atoms with Crippen LogP contribution in [0.4, 0.5) is 0 Å². The fourth-order valence-electron chi connectivity index (χ4n) is 4.77. The number of aromatic nitrogens is 1. The Hall–Kier alpha value is -3.23. The van der Waals surface area contributed by atoms with Gasteiger partial charge in [-0.15, -0.1) is 0 Å². The van der Waals surface area contributed by atoms with Crippen LogP contribution in [0.15, 0.2) is 48.3 Å². The van der Waals surface area contributed by atoms with Gasteiger partial charge in [0.05, 0.1) is 38.0 Å². The van der Waals surface area contributed by atoms with Gasteiger partial charge in [0.2, 0.25) is 0 Å². The summed E-state index contributed by atoms with van der Waals surface area (Å²) in [6.45, 7) is 11.3. The molecule has 1 aromatic heterocycles. The van der Waals surface area contributed by atoms with E-state index in [0.717, 1.165) is 50.6 Å². The molecule has 1 unspecified atom stereocenters. The Morgan fingerprint density at radius 1 is 1.25 bits per heavy atom. The zero-order valence-electron chi connectivity index (χ0n) is 21.3. The molecule has 2 aromatic rings. The fraction of sp³-hybridized carbons (Fsp3) is 0.464. The van der Waals surface area contributed by atoms with Gasteiger partial charge in [-0.3, -0.25) is 14.6 Å². The first-order valence-corrected chi connectivity index (χ1v) is 12.7. The second kappa shape index (κ2) is 11.7. The van der Waals surface area contributed by atoms with Gasteiger partial charge in [-0.2, -0.15) is 0 Å². The number of morpholine rings is 1. The van der Waals surface area contributed by atoms with Crippen LogP contribution in [0.3, 0.4) is 0 Å². The van der Waals surface area contributed by atoms with Crippen LogP contribution in [0, 0.1) is 12.8 Å². The number of Topliss-reactive ketones (excluding diaryl/α,β-unsaturated/α-hetero) is 1. The number of carbonyl (C=O) groups is 2. The van der Waals surface area contributed by atoms with E-state index in [1.807, 2.05) is 13.0 Å². The second-order valence-corrected chi connectivity index (χ2v) is 9.93. The molecule has 2 aliphatic rings. The molecule has 2 fully saturated rings. The molecule has 1 atom stereocenters. The van der Waals surface area contributed by atoms with Gasteiger partial charge >= 0.3 is 0 Å². The van der Waals surface area contributed by atoms with Crippen LogP contribution in [-0.2, 0) is 14.3 Å². The lowest BCUT2D eigenvalue weighted by atomic mass is 9.95. The highest BCUT2D eigenvalue weighted by molar-refractivity contribution is 6.46. The van der Waals surface area contributed by atoms with Gasteiger partial charge in [0.1, 0.15) is 24.6 Å². The Balaban J connectivity index is 1.63. The Morgan fingerprint density at radius 3 is 2.69 bits per heavy atom. The van der Waals surface area contributed by atoms with Crippen LogP contribution < -0.4 is 9.64 Å². The molecule has 8 nitrogen and oxygen atoms in total. The number of aryl methyl sites for hydroxylation is 1. The first-order valence-electron chi connectivity index (χ1n) is 12.7. The van der Waals surface area contributed by atoms with Crippen molar-refractivity contribution in [3.8, 4) is 5.75 Å². The number of likely N-dealkylation sites (tertiary alicyclic amines) is 1. The van der Waals surface area contributed by atoms with E-state index < -0.39 is 17.7 Å². The van der Waals surface area contributed by atoms with Crippen LogP contribution >= 0.6 is 0 Å². The van der Waals surface area contributed by atoms with E-state index in [2.05, 4.69) is 18.8 Å². The van der Waals surface area contributed by atoms with E-state index in [1.54, 1.807) is 41.6 Å². The summed E-state index contributed by atoms with van der Waals surface area (Å²) in [7, 11) is 0. The van der Waals surface area contributed by atoms with Crippen LogP contribution in [0.2, 0.25) is 0 Å². The number of rotatable bonds is 9. The SMILES string of the molecule is Cc1cc(C(O)=C2C(=O)C(=O)N(CCC[NH+]3CCOCC3)C2c2cccnc2)ccc1OCC(C)C. The van der Waals surface area contributed by atoms with Crippen molar-refractivity contribution in [1.82, 2.24) is 9.88 Å². The number of ketones is 1. The summed E-state index contributed by atoms with van der Waals surface area (Å²) in [5, 5.41) is 11.3. The predicted molar refractivity (Wildman–Crippen MR) is 136 cm³/mol. The molecular weight excluding hydrogens is 458 g/mol. The van der Waals surface area contributed by atoms with Gasteiger partial charge in [-0.05, 0) is 48.2 Å². The maximum atomic E-state index is 13.2. The summed E-state index contributed by atoms with van der Waals surface area (Å²) in [6.07, 6.45) is 4.05. The quantitative estimate of drug-likeness (QED) is 0.315. The maximum absolute atomic E-state index is 13.2. The molecule has 3 heterocycles. The highest BCUT2D eigenvalue weighted by Crippen LogP contribution is 2.39. The zero-order chi connectivity index (χ0) is 25.7. The average Bonchev–Trinajstić information content (AvgIpc) is 3.13. The number of amides is 1. The summed E-state index contributed by atoms with van der Waals surface area (Å²) in [4.78, 5) is 33.6. The number of quaternary nitrogens is 1. The van der Waals surface area contributed by atoms with E-state index in [-0.39, 0.29) is 11.3 Å². The van der Waals surface area contributed by atoms with Gasteiger partial charge in [0, 0.05) is 30.9 Å². The van der Waals surface area contributed by atoms with Crippen LogP contribution in [0.5, 0.6) is 5.75 Å². The third kappa shape index (κ3) is 5.77. The van der Waals surface area contributed by atoms with Gasteiger partial charge < -0.3 is 24.4 Å². The minimum absolute atomic E-state index is 0.0990. The van der Waals surface area contributed by atoms with E-state index in [1.165, 1.54) is 4.90 Å². The zero-order valence-corrected chi connectivity index (χ0v) is 21.3. The third-order valence-electron chi connectivity index (χ3n) is 6.69. The second-order valence-electron chi connectivity index (χ2n) is 9.93. The summed E-state index contributed by atoms with van der Waals surface area (Å²) in [5.41, 5.74) is 2.13. The minimum Gasteiger partial charge on any atom is -0.507 e. The average molecular weight is 495 g/mol. The van der Waals surface area contributed by atoms with Crippen molar-refractivity contribution < 1.29 is 29.1 Å². The number of aliphatic hydroxyl groups excluding tert-OH is 1. The molecule has 1 aromatic carbocycles. The molecular formula is C28H36N3O5+. The lowest BCUT2D eigenvalue weighted by Crippen LogP contribution is -3.14. The standard InChI is InChI=1S/C28H35N3O5/c1-19(2)18-36-23-8-7-21(16-20(23)3)26(32)24-25(22-6-4-9-29-17-22)31(28(34)27(24)33)11-5-10-30-12-14-35-15-13-30/h4,6-9,16-17,19,25,32H,5,10-15,18H2,1-3H3/p+1. The first-order chi connectivity index (χ1) is 17.4. The molecule has 8 heteroatoms. The topological polar surface area (TPSA) is 93.4 Å². The predicted octanol–water partition coefficient (Wildman–Crippen LogP) is 2.15. The van der Waals surface area contributed by atoms with Gasteiger partial charge in [0.15, 0.2) is 0 Å². The van der Waals surface area contributed by atoms with Crippen molar-refractivity contribution in [1.29, 1.82) is 0 Å². The Morgan fingerprint density at radius 2 is 2.03 bits per heavy atom. The molecule has 2 N–H and O–H groups in total. The summed E-state index contributed by atoms with van der Waals surface area (Å²) >= 11 is 0. The maximum Gasteiger partial charge on any atom is 0.295 e. The van der Waals surface area contributed by atoms with Gasteiger partial charge in [-0.1, -0.05) is 19.9 Å². The van der Waals surface area contributed by atoms with Crippen LogP contribution in [-0.4, -0.2) is 72.7 Å². The number of hydrogen-bond donors (Lipinski definition) is 2. The van der Waals surface area contributed by atoms with Crippen molar-refractivity contribution in [3.05, 3.63) is 65.0 Å². The molecule has 2 aliphatic heterocycles. The molecule has 0 radical (unpaired) electrons. The summed E-state index contributed by atoms with van der Waals surface area (Å²) < 4.78 is 11.3. The molecule has 0 saturated carbocycles. The lowest BCUT2D eigenvalue weighted by Gasteiger charge is -2.27. The minimum atomic E-state index is -0.685. The fourth-order valence-corrected chi connectivity index (χ4v) is 4.77. The highest BCUT2D eigenvalue weighted by Gasteiger charge is 2.46. The molecule has 0 spiro atoms. The van der Waals surface area contributed by atoms with E-state index in [4.69, 9.17) is 9.47 Å². The number of ether oxygens (including phenoxy) is 2. The molecule has 0 aliphatic carbocycles. The van der Waals surface area contributed by atoms with Crippen molar-refractivity contribution >= 4 is 17.4 Å². The molecule has 36 heavy (non-hydrogen) atoms. The van der Waals surface area contributed by atoms with Gasteiger partial charge in [-0.25, -0.2) is 0 Å². The van der Waals surface area contributed by atoms with Crippen LogP contribution in [0.25, 0.3) is 5.76 Å². The number of aliphatic hydroxyl groups is 1. The number of carbonyl (C=O) groups excluding carboxylic acids is 2. The molecule has 4 rings (SSSR count). The van der Waals surface area contributed by atoms with Crippen molar-refractivity contribution in [2.24, 2.45) is 5.92 Å². The van der Waals surface area contributed by atoms with E-state index in [9.17, 15) is 14.7 Å². The number of nitrogens with one attached hydrogen (secondary N) is 1. The van der Waals surface area contributed by atoms with E-state index in [0.29, 0.717) is 30.2 Å². The van der Waals surface area contributed by atoms with Crippen molar-refractivity contribution in [2.75, 3.05) is 46.0 Å². The largest absolute Gasteiger partial charge is 0.507 e. The van der Waals surface area contributed by atoms with Gasteiger partial charge in [0.25, 0.3) is 11.7 Å². The Labute approximate surface area is 212 Å². The van der Waals surface area contributed by atoms with Crippen molar-refractivity contribution in [2.45, 2.75) is 33.2 Å². The lowest BCUT2D eigenvalue weighted by molar-refractivity contribution is -0.908. The summed E-state index contributed by atoms with van der Waals surface area (Å²) in [6, 6.07) is 8.25.